The second kappa shape index (κ2) is 8.26. The highest BCUT2D eigenvalue weighted by atomic mass is 16.2. The summed E-state index contributed by atoms with van der Waals surface area (Å²) < 4.78 is 1.57. The van der Waals surface area contributed by atoms with Crippen LogP contribution in [0.4, 0.5) is 0 Å². The van der Waals surface area contributed by atoms with E-state index in [9.17, 15) is 4.79 Å². The van der Waals surface area contributed by atoms with Crippen LogP contribution in [0.3, 0.4) is 0 Å². The largest absolute Gasteiger partial charge is 0.349 e. The lowest BCUT2D eigenvalue weighted by atomic mass is 10.00. The minimum Gasteiger partial charge on any atom is -0.349 e. The van der Waals surface area contributed by atoms with Gasteiger partial charge in [-0.25, -0.2) is 4.68 Å². The molecule has 0 saturated heterocycles. The van der Waals surface area contributed by atoms with Crippen LogP contribution >= 0.6 is 0 Å². The van der Waals surface area contributed by atoms with Crippen LogP contribution < -0.4 is 5.32 Å². The maximum atomic E-state index is 12.3. The number of pyridine rings is 1. The number of rotatable bonds is 6. The molecule has 2 aromatic heterocycles. The zero-order valence-electron chi connectivity index (χ0n) is 15.9. The molecule has 0 aliphatic carbocycles. The summed E-state index contributed by atoms with van der Waals surface area (Å²) in [5.74, 6) is 0.559. The van der Waals surface area contributed by atoms with Crippen LogP contribution in [0.25, 0.3) is 0 Å². The van der Waals surface area contributed by atoms with E-state index in [1.807, 2.05) is 25.1 Å². The van der Waals surface area contributed by atoms with Gasteiger partial charge >= 0.3 is 0 Å². The summed E-state index contributed by atoms with van der Waals surface area (Å²) in [6.07, 6.45) is 1.02. The average Bonchev–Trinajstić information content (AvgIpc) is 3.13. The highest BCUT2D eigenvalue weighted by molar-refractivity contribution is 5.75. The molecule has 1 aromatic carbocycles. The Morgan fingerprint density at radius 1 is 1.14 bits per heavy atom. The second-order valence-electron chi connectivity index (χ2n) is 7.03. The Bertz CT molecular complexity index is 968. The van der Waals surface area contributed by atoms with E-state index in [2.05, 4.69) is 55.0 Å². The topological polar surface area (TPSA) is 88.8 Å². The van der Waals surface area contributed by atoms with E-state index < -0.39 is 0 Å². The zero-order valence-corrected chi connectivity index (χ0v) is 15.9. The van der Waals surface area contributed by atoms with Gasteiger partial charge in [-0.05, 0) is 47.0 Å². The van der Waals surface area contributed by atoms with Crippen molar-refractivity contribution in [3.8, 4) is 0 Å². The number of tetrazole rings is 1. The number of carbonyl (C=O) groups excluding carboxylic acids is 1. The van der Waals surface area contributed by atoms with Crippen molar-refractivity contribution < 1.29 is 4.79 Å². The molecular weight excluding hydrogens is 354 g/mol. The molecular formula is C20H23N7O. The summed E-state index contributed by atoms with van der Waals surface area (Å²) >= 11 is 0. The van der Waals surface area contributed by atoms with Gasteiger partial charge in [-0.15, -0.1) is 5.10 Å². The molecule has 1 N–H and O–H groups in total. The first-order chi connectivity index (χ1) is 13.7. The van der Waals surface area contributed by atoms with Crippen molar-refractivity contribution in [2.75, 3.05) is 6.54 Å². The minimum atomic E-state index is -0.138. The Kier molecular flexibility index (Phi) is 5.38. The third-order valence-electron chi connectivity index (χ3n) is 4.89. The molecule has 0 radical (unpaired) electrons. The predicted molar refractivity (Wildman–Crippen MR) is 103 cm³/mol. The van der Waals surface area contributed by atoms with Crippen LogP contribution in [0, 0.1) is 6.92 Å². The number of aryl methyl sites for hydroxylation is 1. The van der Waals surface area contributed by atoms with Gasteiger partial charge in [0.25, 0.3) is 0 Å². The molecule has 28 heavy (non-hydrogen) atoms. The Hall–Kier alpha value is -3.13. The first-order valence-corrected chi connectivity index (χ1v) is 9.41. The third-order valence-corrected chi connectivity index (χ3v) is 4.89. The van der Waals surface area contributed by atoms with E-state index >= 15 is 0 Å². The Balaban J connectivity index is 1.33. The van der Waals surface area contributed by atoms with E-state index in [1.165, 1.54) is 11.1 Å². The van der Waals surface area contributed by atoms with Crippen molar-refractivity contribution in [2.45, 2.75) is 39.5 Å². The van der Waals surface area contributed by atoms with E-state index in [0.717, 1.165) is 30.9 Å². The van der Waals surface area contributed by atoms with Crippen molar-refractivity contribution in [3.05, 3.63) is 70.8 Å². The predicted octanol–water partition coefficient (Wildman–Crippen LogP) is 1.25. The number of benzene rings is 1. The van der Waals surface area contributed by atoms with Gasteiger partial charge in [0.2, 0.25) is 5.91 Å². The summed E-state index contributed by atoms with van der Waals surface area (Å²) in [7, 11) is 0. The maximum Gasteiger partial charge on any atom is 0.242 e. The van der Waals surface area contributed by atoms with Gasteiger partial charge in [-0.3, -0.25) is 14.7 Å². The number of hydrogen-bond donors (Lipinski definition) is 1. The second-order valence-corrected chi connectivity index (χ2v) is 7.03. The molecule has 1 amide bonds. The number of nitrogens with zero attached hydrogens (tertiary/aromatic N) is 6. The standard InChI is InChI=1S/C20H23N7O/c1-15-5-4-8-18(22-15)11-21-20(28)14-27-19(23-24-25-27)13-26-10-9-16-6-2-3-7-17(16)12-26/h2-8H,9-14H2,1H3,(H,21,28). The van der Waals surface area contributed by atoms with Gasteiger partial charge in [0, 0.05) is 18.8 Å². The van der Waals surface area contributed by atoms with Gasteiger partial charge in [0.05, 0.1) is 18.8 Å². The summed E-state index contributed by atoms with van der Waals surface area (Å²) in [6, 6.07) is 14.3. The van der Waals surface area contributed by atoms with Crippen molar-refractivity contribution in [1.29, 1.82) is 0 Å². The highest BCUT2D eigenvalue weighted by Gasteiger charge is 2.19. The number of carbonyl (C=O) groups is 1. The first kappa shape index (κ1) is 18.2. The van der Waals surface area contributed by atoms with Gasteiger partial charge in [-0.1, -0.05) is 30.3 Å². The SMILES string of the molecule is Cc1cccc(CNC(=O)Cn2nnnc2CN2CCc3ccccc3C2)n1. The summed E-state index contributed by atoms with van der Waals surface area (Å²) in [5.41, 5.74) is 4.51. The fraction of sp³-hybridized carbons (Fsp3) is 0.350. The van der Waals surface area contributed by atoms with Crippen molar-refractivity contribution in [3.63, 3.8) is 0 Å². The van der Waals surface area contributed by atoms with Gasteiger partial charge < -0.3 is 5.32 Å². The van der Waals surface area contributed by atoms with Crippen molar-refractivity contribution in [1.82, 2.24) is 35.4 Å². The molecule has 0 saturated carbocycles. The van der Waals surface area contributed by atoms with E-state index in [4.69, 9.17) is 0 Å². The molecule has 1 aliphatic heterocycles. The monoisotopic (exact) mass is 377 g/mol. The lowest BCUT2D eigenvalue weighted by molar-refractivity contribution is -0.122. The molecule has 0 atom stereocenters. The van der Waals surface area contributed by atoms with Crippen LogP contribution in [0.2, 0.25) is 0 Å². The number of aromatic nitrogens is 5. The molecule has 8 nitrogen and oxygen atoms in total. The number of hydrogen-bond acceptors (Lipinski definition) is 6. The van der Waals surface area contributed by atoms with Crippen LogP contribution in [0.1, 0.15) is 28.3 Å². The molecule has 0 unspecified atom stereocenters. The smallest absolute Gasteiger partial charge is 0.242 e. The minimum absolute atomic E-state index is 0.0958. The fourth-order valence-electron chi connectivity index (χ4n) is 3.43. The van der Waals surface area contributed by atoms with Gasteiger partial charge in [0.15, 0.2) is 5.82 Å². The fourth-order valence-corrected chi connectivity index (χ4v) is 3.43. The lowest BCUT2D eigenvalue weighted by Gasteiger charge is -2.28. The molecule has 4 rings (SSSR count). The quantitative estimate of drug-likeness (QED) is 0.696. The van der Waals surface area contributed by atoms with Crippen molar-refractivity contribution in [2.24, 2.45) is 0 Å². The van der Waals surface area contributed by atoms with Crippen LogP contribution in [0.15, 0.2) is 42.5 Å². The molecule has 8 heteroatoms. The van der Waals surface area contributed by atoms with E-state index in [0.29, 0.717) is 18.9 Å². The summed E-state index contributed by atoms with van der Waals surface area (Å²) in [5, 5.41) is 14.7. The lowest BCUT2D eigenvalue weighted by Crippen LogP contribution is -2.33. The molecule has 1 aliphatic rings. The highest BCUT2D eigenvalue weighted by Crippen LogP contribution is 2.19. The van der Waals surface area contributed by atoms with E-state index in [1.54, 1.807) is 4.68 Å². The van der Waals surface area contributed by atoms with Crippen LogP contribution in [-0.2, 0) is 37.4 Å². The molecule has 144 valence electrons. The zero-order chi connectivity index (χ0) is 19.3. The Morgan fingerprint density at radius 2 is 2.00 bits per heavy atom. The van der Waals surface area contributed by atoms with Gasteiger partial charge in [0.1, 0.15) is 6.54 Å². The number of nitrogens with one attached hydrogen (secondary N) is 1. The van der Waals surface area contributed by atoms with Gasteiger partial charge in [-0.2, -0.15) is 0 Å². The normalized spacial score (nSPS) is 13.9. The van der Waals surface area contributed by atoms with Crippen LogP contribution in [-0.4, -0.2) is 42.5 Å². The molecule has 0 fully saturated rings. The van der Waals surface area contributed by atoms with Crippen LogP contribution in [0.5, 0.6) is 0 Å². The number of fused-ring (bicyclic) bond motifs is 1. The molecule has 3 heterocycles. The van der Waals surface area contributed by atoms with E-state index in [-0.39, 0.29) is 12.5 Å². The molecule has 0 spiro atoms. The summed E-state index contributed by atoms with van der Waals surface area (Å²) in [4.78, 5) is 19.0. The first-order valence-electron chi connectivity index (χ1n) is 9.41. The average molecular weight is 377 g/mol. The molecule has 0 bridgehead atoms. The maximum absolute atomic E-state index is 12.3. The van der Waals surface area contributed by atoms with Crippen molar-refractivity contribution >= 4 is 5.91 Å². The number of amides is 1. The summed E-state index contributed by atoms with van der Waals surface area (Å²) in [6.45, 7) is 4.86. The molecule has 3 aromatic rings. The third kappa shape index (κ3) is 4.40. The Labute approximate surface area is 163 Å². The Morgan fingerprint density at radius 3 is 2.86 bits per heavy atom.